The Balaban J connectivity index is 2.13. The topological polar surface area (TPSA) is 88.2 Å². The minimum absolute atomic E-state index is 0.144. The summed E-state index contributed by atoms with van der Waals surface area (Å²) in [5, 5.41) is 18.2. The third kappa shape index (κ3) is 3.70. The molecule has 1 aromatic rings. The third-order valence-corrected chi connectivity index (χ3v) is 5.93. The van der Waals surface area contributed by atoms with E-state index in [1.165, 1.54) is 16.4 Å². The first-order valence-electron chi connectivity index (χ1n) is 7.54. The molecule has 0 radical (unpaired) electrons. The second-order valence-electron chi connectivity index (χ2n) is 5.90. The molecule has 23 heavy (non-hydrogen) atoms. The Morgan fingerprint density at radius 3 is 2.30 bits per heavy atom. The summed E-state index contributed by atoms with van der Waals surface area (Å²) < 4.78 is 26.8. The number of sulfonamides is 1. The van der Waals surface area contributed by atoms with Crippen LogP contribution in [0.1, 0.15) is 19.4 Å². The molecule has 1 aliphatic heterocycles. The molecule has 1 unspecified atom stereocenters. The molecule has 0 bridgehead atoms. The maximum atomic E-state index is 12.7. The second-order valence-corrected chi connectivity index (χ2v) is 7.84. The Kier molecular flexibility index (Phi) is 5.38. The van der Waals surface area contributed by atoms with Gasteiger partial charge in [0.15, 0.2) is 0 Å². The van der Waals surface area contributed by atoms with Crippen molar-refractivity contribution in [2.24, 2.45) is 5.92 Å². The normalized spacial score (nSPS) is 18.3. The molecule has 0 saturated carbocycles. The van der Waals surface area contributed by atoms with Gasteiger partial charge in [0.05, 0.1) is 22.6 Å². The summed E-state index contributed by atoms with van der Waals surface area (Å²) >= 11 is 0. The molecule has 0 spiro atoms. The van der Waals surface area contributed by atoms with E-state index in [-0.39, 0.29) is 16.9 Å². The van der Waals surface area contributed by atoms with Crippen LogP contribution in [-0.4, -0.2) is 49.8 Å². The molecule has 0 aliphatic carbocycles. The van der Waals surface area contributed by atoms with Gasteiger partial charge in [-0.05, 0) is 24.1 Å². The highest BCUT2D eigenvalue weighted by Crippen LogP contribution is 2.20. The summed E-state index contributed by atoms with van der Waals surface area (Å²) in [5.74, 6) is 0.204. The third-order valence-electron chi connectivity index (χ3n) is 4.03. The minimum Gasteiger partial charge on any atom is -0.285 e. The number of nitriles is 2. The Morgan fingerprint density at radius 1 is 1.13 bits per heavy atom. The number of hydrogen-bond donors (Lipinski definition) is 0. The minimum atomic E-state index is -3.60. The highest BCUT2D eigenvalue weighted by molar-refractivity contribution is 7.89. The predicted molar refractivity (Wildman–Crippen MR) is 85.7 cm³/mol. The van der Waals surface area contributed by atoms with E-state index in [4.69, 9.17) is 5.26 Å². The van der Waals surface area contributed by atoms with E-state index >= 15 is 0 Å². The molecule has 1 aromatic carbocycles. The van der Waals surface area contributed by atoms with Crippen LogP contribution in [0.25, 0.3) is 0 Å². The first-order chi connectivity index (χ1) is 10.9. The largest absolute Gasteiger partial charge is 0.285 e. The van der Waals surface area contributed by atoms with Crippen LogP contribution in [0.5, 0.6) is 0 Å². The first-order valence-corrected chi connectivity index (χ1v) is 8.98. The highest BCUT2D eigenvalue weighted by atomic mass is 32.2. The van der Waals surface area contributed by atoms with Gasteiger partial charge in [-0.3, -0.25) is 4.90 Å². The number of hydrogen-bond acceptors (Lipinski definition) is 5. The van der Waals surface area contributed by atoms with Gasteiger partial charge >= 0.3 is 0 Å². The van der Waals surface area contributed by atoms with E-state index < -0.39 is 10.0 Å². The summed E-state index contributed by atoms with van der Waals surface area (Å²) in [5.41, 5.74) is 0.328. The molecule has 7 heteroatoms. The fraction of sp³-hybridized carbons (Fsp3) is 0.500. The van der Waals surface area contributed by atoms with Crippen molar-refractivity contribution in [3.8, 4) is 12.1 Å². The van der Waals surface area contributed by atoms with Crippen molar-refractivity contribution < 1.29 is 8.42 Å². The van der Waals surface area contributed by atoms with Gasteiger partial charge in [0.1, 0.15) is 6.04 Å². The highest BCUT2D eigenvalue weighted by Gasteiger charge is 2.32. The monoisotopic (exact) mass is 332 g/mol. The van der Waals surface area contributed by atoms with Crippen LogP contribution < -0.4 is 0 Å². The van der Waals surface area contributed by atoms with E-state index in [0.29, 0.717) is 31.7 Å². The summed E-state index contributed by atoms with van der Waals surface area (Å²) in [6, 6.07) is 10.1. The molecule has 122 valence electrons. The van der Waals surface area contributed by atoms with Crippen LogP contribution in [0.15, 0.2) is 29.2 Å². The lowest BCUT2D eigenvalue weighted by molar-refractivity contribution is 0.138. The van der Waals surface area contributed by atoms with Crippen LogP contribution in [0.3, 0.4) is 0 Å². The first kappa shape index (κ1) is 17.4. The smallest absolute Gasteiger partial charge is 0.243 e. The SMILES string of the molecule is CC(C)C(C#N)N1CCN(S(=O)(=O)c2cccc(C#N)c2)CC1. The van der Waals surface area contributed by atoms with E-state index in [1.54, 1.807) is 12.1 Å². The standard InChI is InChI=1S/C16H20N4O2S/c1-13(2)16(12-18)19-6-8-20(9-7-19)23(21,22)15-5-3-4-14(10-15)11-17/h3-5,10,13,16H,6-9H2,1-2H3. The maximum absolute atomic E-state index is 12.7. The fourth-order valence-corrected chi connectivity index (χ4v) is 4.22. The van der Waals surface area contributed by atoms with E-state index in [1.807, 2.05) is 24.8 Å². The van der Waals surface area contributed by atoms with Gasteiger partial charge in [-0.2, -0.15) is 14.8 Å². The molecular weight excluding hydrogens is 312 g/mol. The van der Waals surface area contributed by atoms with E-state index in [9.17, 15) is 13.7 Å². The quantitative estimate of drug-likeness (QED) is 0.832. The number of piperazine rings is 1. The van der Waals surface area contributed by atoms with Crippen LogP contribution in [0, 0.1) is 28.6 Å². The van der Waals surface area contributed by atoms with Crippen LogP contribution in [0.2, 0.25) is 0 Å². The number of nitrogens with zero attached hydrogens (tertiary/aromatic N) is 4. The van der Waals surface area contributed by atoms with Crippen LogP contribution >= 0.6 is 0 Å². The fourth-order valence-electron chi connectivity index (χ4n) is 2.75. The van der Waals surface area contributed by atoms with Crippen molar-refractivity contribution in [3.05, 3.63) is 29.8 Å². The summed E-state index contributed by atoms with van der Waals surface area (Å²) in [6.07, 6.45) is 0. The van der Waals surface area contributed by atoms with Crippen molar-refractivity contribution in [1.82, 2.24) is 9.21 Å². The molecule has 6 nitrogen and oxygen atoms in total. The zero-order valence-electron chi connectivity index (χ0n) is 13.3. The summed E-state index contributed by atoms with van der Waals surface area (Å²) in [7, 11) is -3.60. The van der Waals surface area contributed by atoms with Gasteiger partial charge in [0.2, 0.25) is 10.0 Å². The Hall–Kier alpha value is -1.93. The van der Waals surface area contributed by atoms with Gasteiger partial charge in [0.25, 0.3) is 0 Å². The summed E-state index contributed by atoms with van der Waals surface area (Å²) in [6.45, 7) is 5.75. The predicted octanol–water partition coefficient (Wildman–Crippen LogP) is 1.41. The number of rotatable bonds is 4. The van der Waals surface area contributed by atoms with Crippen molar-refractivity contribution in [2.75, 3.05) is 26.2 Å². The molecule has 1 atom stereocenters. The number of benzene rings is 1. The molecule has 1 aliphatic rings. The van der Waals surface area contributed by atoms with Crippen molar-refractivity contribution in [1.29, 1.82) is 10.5 Å². The Labute approximate surface area is 137 Å². The molecule has 0 N–H and O–H groups in total. The molecule has 0 amide bonds. The average Bonchev–Trinajstić information content (AvgIpc) is 2.55. The van der Waals surface area contributed by atoms with E-state index in [0.717, 1.165) is 0 Å². The zero-order valence-corrected chi connectivity index (χ0v) is 14.1. The van der Waals surface area contributed by atoms with Crippen LogP contribution in [0.4, 0.5) is 0 Å². The van der Waals surface area contributed by atoms with Gasteiger partial charge in [-0.25, -0.2) is 8.42 Å². The van der Waals surface area contributed by atoms with Crippen molar-refractivity contribution in [3.63, 3.8) is 0 Å². The lowest BCUT2D eigenvalue weighted by Crippen LogP contribution is -2.52. The molecule has 1 fully saturated rings. The van der Waals surface area contributed by atoms with Gasteiger partial charge < -0.3 is 0 Å². The lowest BCUT2D eigenvalue weighted by atomic mass is 10.0. The van der Waals surface area contributed by atoms with Crippen LogP contribution in [-0.2, 0) is 10.0 Å². The molecule has 1 heterocycles. The van der Waals surface area contributed by atoms with Gasteiger partial charge in [-0.1, -0.05) is 19.9 Å². The van der Waals surface area contributed by atoms with Gasteiger partial charge in [0, 0.05) is 26.2 Å². The molecule has 0 aromatic heterocycles. The molecule has 2 rings (SSSR count). The molecule has 1 saturated heterocycles. The maximum Gasteiger partial charge on any atom is 0.243 e. The van der Waals surface area contributed by atoms with Gasteiger partial charge in [-0.15, -0.1) is 0 Å². The molecular formula is C16H20N4O2S. The average molecular weight is 332 g/mol. The second kappa shape index (κ2) is 7.10. The van der Waals surface area contributed by atoms with Crippen molar-refractivity contribution >= 4 is 10.0 Å². The summed E-state index contributed by atoms with van der Waals surface area (Å²) in [4.78, 5) is 2.17. The Morgan fingerprint density at radius 2 is 1.78 bits per heavy atom. The lowest BCUT2D eigenvalue weighted by Gasteiger charge is -2.37. The Bertz CT molecular complexity index is 738. The van der Waals surface area contributed by atoms with Crippen molar-refractivity contribution in [2.45, 2.75) is 24.8 Å². The van der Waals surface area contributed by atoms with E-state index in [2.05, 4.69) is 6.07 Å². The zero-order chi connectivity index (χ0) is 17.0.